The molecule has 0 spiro atoms. The normalized spacial score (nSPS) is 9.73. The molecule has 1 aromatic rings. The van der Waals surface area contributed by atoms with Gasteiger partial charge in [-0.05, 0) is 24.1 Å². The summed E-state index contributed by atoms with van der Waals surface area (Å²) in [6.45, 7) is 2.17. The Kier molecular flexibility index (Phi) is 4.63. The second-order valence-corrected chi connectivity index (χ2v) is 3.04. The smallest absolute Gasteiger partial charge is 0.410 e. The molecule has 0 aliphatic rings. The third-order valence-electron chi connectivity index (χ3n) is 1.92. The standard InChI is InChI=1S/C11H15NO3/c1-2-9-3-5-10(6-4-9)15-11(14)12-7-8-13/h3-6,13H,2,7-8H2,1H3,(H,12,14). The van der Waals surface area contributed by atoms with E-state index in [2.05, 4.69) is 12.2 Å². The van der Waals surface area contributed by atoms with Crippen molar-refractivity contribution >= 4 is 6.09 Å². The van der Waals surface area contributed by atoms with Gasteiger partial charge in [-0.1, -0.05) is 19.1 Å². The van der Waals surface area contributed by atoms with Crippen LogP contribution < -0.4 is 10.1 Å². The number of carbonyl (C=O) groups excluding carboxylic acids is 1. The van der Waals surface area contributed by atoms with Crippen molar-refractivity contribution in [3.8, 4) is 5.75 Å². The van der Waals surface area contributed by atoms with Crippen LogP contribution in [0.5, 0.6) is 5.75 Å². The van der Waals surface area contributed by atoms with Crippen LogP contribution >= 0.6 is 0 Å². The second-order valence-electron chi connectivity index (χ2n) is 3.04. The minimum Gasteiger partial charge on any atom is -0.410 e. The zero-order valence-corrected chi connectivity index (χ0v) is 8.69. The fourth-order valence-electron chi connectivity index (χ4n) is 1.09. The predicted molar refractivity (Wildman–Crippen MR) is 56.9 cm³/mol. The van der Waals surface area contributed by atoms with Gasteiger partial charge in [-0.15, -0.1) is 0 Å². The molecule has 0 fully saturated rings. The van der Waals surface area contributed by atoms with Crippen LogP contribution in [0.25, 0.3) is 0 Å². The number of hydrogen-bond acceptors (Lipinski definition) is 3. The van der Waals surface area contributed by atoms with Crippen LogP contribution in [0.15, 0.2) is 24.3 Å². The molecule has 1 aromatic carbocycles. The van der Waals surface area contributed by atoms with E-state index in [4.69, 9.17) is 9.84 Å². The lowest BCUT2D eigenvalue weighted by atomic mass is 10.2. The van der Waals surface area contributed by atoms with Crippen LogP contribution in [0, 0.1) is 0 Å². The van der Waals surface area contributed by atoms with Crippen LogP contribution in [-0.2, 0) is 6.42 Å². The van der Waals surface area contributed by atoms with Gasteiger partial charge in [0.25, 0.3) is 0 Å². The Balaban J connectivity index is 2.46. The van der Waals surface area contributed by atoms with E-state index in [-0.39, 0.29) is 13.2 Å². The minimum atomic E-state index is -0.548. The van der Waals surface area contributed by atoms with E-state index in [0.717, 1.165) is 6.42 Å². The number of aliphatic hydroxyl groups excluding tert-OH is 1. The fraction of sp³-hybridized carbons (Fsp3) is 0.364. The van der Waals surface area contributed by atoms with Crippen molar-refractivity contribution in [3.05, 3.63) is 29.8 Å². The molecule has 0 saturated heterocycles. The molecule has 1 amide bonds. The van der Waals surface area contributed by atoms with Crippen LogP contribution in [0.3, 0.4) is 0 Å². The lowest BCUT2D eigenvalue weighted by molar-refractivity contribution is 0.195. The van der Waals surface area contributed by atoms with Gasteiger partial charge in [0.2, 0.25) is 0 Å². The first kappa shape index (κ1) is 11.5. The van der Waals surface area contributed by atoms with E-state index >= 15 is 0 Å². The van der Waals surface area contributed by atoms with Crippen molar-refractivity contribution in [1.29, 1.82) is 0 Å². The number of carbonyl (C=O) groups is 1. The van der Waals surface area contributed by atoms with Gasteiger partial charge in [0.15, 0.2) is 0 Å². The number of aliphatic hydroxyl groups is 1. The van der Waals surface area contributed by atoms with Gasteiger partial charge in [-0.2, -0.15) is 0 Å². The molecule has 4 nitrogen and oxygen atoms in total. The summed E-state index contributed by atoms with van der Waals surface area (Å²) < 4.78 is 4.95. The summed E-state index contributed by atoms with van der Waals surface area (Å²) in [5.74, 6) is 0.502. The third kappa shape index (κ3) is 3.99. The summed E-state index contributed by atoms with van der Waals surface area (Å²) in [7, 11) is 0. The molecule has 1 rings (SSSR count). The highest BCUT2D eigenvalue weighted by molar-refractivity contribution is 5.70. The maximum absolute atomic E-state index is 11.1. The molecule has 4 heteroatoms. The van der Waals surface area contributed by atoms with Crippen molar-refractivity contribution in [2.24, 2.45) is 0 Å². The van der Waals surface area contributed by atoms with Gasteiger partial charge in [-0.25, -0.2) is 4.79 Å². The topological polar surface area (TPSA) is 58.6 Å². The molecule has 0 heterocycles. The first-order chi connectivity index (χ1) is 7.26. The van der Waals surface area contributed by atoms with Gasteiger partial charge in [0.1, 0.15) is 5.75 Å². The zero-order valence-electron chi connectivity index (χ0n) is 8.69. The van der Waals surface area contributed by atoms with E-state index < -0.39 is 6.09 Å². The maximum Gasteiger partial charge on any atom is 0.412 e. The van der Waals surface area contributed by atoms with Gasteiger partial charge in [-0.3, -0.25) is 0 Å². The van der Waals surface area contributed by atoms with E-state index in [1.165, 1.54) is 5.56 Å². The molecule has 0 aromatic heterocycles. The number of benzene rings is 1. The number of nitrogens with one attached hydrogen (secondary N) is 1. The Labute approximate surface area is 88.9 Å². The highest BCUT2D eigenvalue weighted by atomic mass is 16.6. The van der Waals surface area contributed by atoms with Crippen LogP contribution in [-0.4, -0.2) is 24.4 Å². The van der Waals surface area contributed by atoms with Crippen molar-refractivity contribution < 1.29 is 14.6 Å². The Morgan fingerprint density at radius 2 is 2.07 bits per heavy atom. The Hall–Kier alpha value is -1.55. The molecule has 0 aliphatic carbocycles. The monoisotopic (exact) mass is 209 g/mol. The van der Waals surface area contributed by atoms with E-state index in [0.29, 0.717) is 5.75 Å². The molecule has 2 N–H and O–H groups in total. The molecular formula is C11H15NO3. The lowest BCUT2D eigenvalue weighted by Crippen LogP contribution is -2.29. The minimum absolute atomic E-state index is 0.0934. The van der Waals surface area contributed by atoms with E-state index in [1.807, 2.05) is 12.1 Å². The SMILES string of the molecule is CCc1ccc(OC(=O)NCCO)cc1. The number of hydrogen-bond donors (Lipinski definition) is 2. The zero-order chi connectivity index (χ0) is 11.1. The Morgan fingerprint density at radius 3 is 2.60 bits per heavy atom. The summed E-state index contributed by atoms with van der Waals surface area (Å²) in [6, 6.07) is 7.32. The van der Waals surface area contributed by atoms with Crippen molar-refractivity contribution in [2.45, 2.75) is 13.3 Å². The van der Waals surface area contributed by atoms with Crippen molar-refractivity contribution in [1.82, 2.24) is 5.32 Å². The predicted octanol–water partition coefficient (Wildman–Crippen LogP) is 1.33. The molecule has 0 aliphatic heterocycles. The quantitative estimate of drug-likeness (QED) is 0.786. The van der Waals surface area contributed by atoms with E-state index in [9.17, 15) is 4.79 Å². The number of amides is 1. The van der Waals surface area contributed by atoms with Crippen LogP contribution in [0.1, 0.15) is 12.5 Å². The summed E-state index contributed by atoms with van der Waals surface area (Å²) in [6.07, 6.45) is 0.407. The average Bonchev–Trinajstić information content (AvgIpc) is 2.27. The Morgan fingerprint density at radius 1 is 1.40 bits per heavy atom. The second kappa shape index (κ2) is 6.03. The third-order valence-corrected chi connectivity index (χ3v) is 1.92. The summed E-state index contributed by atoms with van der Waals surface area (Å²) in [4.78, 5) is 11.1. The van der Waals surface area contributed by atoms with Crippen LogP contribution in [0.4, 0.5) is 4.79 Å². The number of rotatable bonds is 4. The molecule has 0 radical (unpaired) electrons. The van der Waals surface area contributed by atoms with Crippen molar-refractivity contribution in [3.63, 3.8) is 0 Å². The molecule has 0 saturated carbocycles. The fourth-order valence-corrected chi connectivity index (χ4v) is 1.09. The number of ether oxygens (including phenoxy) is 1. The average molecular weight is 209 g/mol. The van der Waals surface area contributed by atoms with Crippen molar-refractivity contribution in [2.75, 3.05) is 13.2 Å². The maximum atomic E-state index is 11.1. The molecule has 82 valence electrons. The molecular weight excluding hydrogens is 194 g/mol. The highest BCUT2D eigenvalue weighted by Crippen LogP contribution is 2.12. The summed E-state index contributed by atoms with van der Waals surface area (Å²) >= 11 is 0. The Bertz CT molecular complexity index is 308. The first-order valence-corrected chi connectivity index (χ1v) is 4.91. The molecule has 0 bridgehead atoms. The summed E-state index contributed by atoms with van der Waals surface area (Å²) in [5.41, 5.74) is 1.19. The lowest BCUT2D eigenvalue weighted by Gasteiger charge is -2.05. The van der Waals surface area contributed by atoms with E-state index in [1.54, 1.807) is 12.1 Å². The molecule has 0 atom stereocenters. The molecule has 0 unspecified atom stereocenters. The highest BCUT2D eigenvalue weighted by Gasteiger charge is 2.02. The van der Waals surface area contributed by atoms with Gasteiger partial charge in [0, 0.05) is 6.54 Å². The largest absolute Gasteiger partial charge is 0.412 e. The molecule has 15 heavy (non-hydrogen) atoms. The number of aryl methyl sites for hydroxylation is 1. The van der Waals surface area contributed by atoms with Crippen LogP contribution in [0.2, 0.25) is 0 Å². The van der Waals surface area contributed by atoms with Gasteiger partial charge >= 0.3 is 6.09 Å². The van der Waals surface area contributed by atoms with Gasteiger partial charge in [0.05, 0.1) is 6.61 Å². The first-order valence-electron chi connectivity index (χ1n) is 4.91. The van der Waals surface area contributed by atoms with Gasteiger partial charge < -0.3 is 15.2 Å². The summed E-state index contributed by atoms with van der Waals surface area (Å²) in [5, 5.41) is 10.9.